The van der Waals surface area contributed by atoms with Crippen LogP contribution in [0.1, 0.15) is 34.9 Å². The highest BCUT2D eigenvalue weighted by Gasteiger charge is 2.40. The Hall–Kier alpha value is -3.69. The van der Waals surface area contributed by atoms with Crippen LogP contribution in [0.5, 0.6) is 0 Å². The van der Waals surface area contributed by atoms with Crippen LogP contribution >= 0.6 is 23.2 Å². The van der Waals surface area contributed by atoms with E-state index in [4.69, 9.17) is 23.2 Å². The largest absolute Gasteiger partial charge is 0.416 e. The summed E-state index contributed by atoms with van der Waals surface area (Å²) in [7, 11) is 0. The minimum atomic E-state index is -4.68. The van der Waals surface area contributed by atoms with Crippen molar-refractivity contribution in [3.63, 3.8) is 0 Å². The minimum absolute atomic E-state index is 0.0451. The fourth-order valence-electron chi connectivity index (χ4n) is 4.37. The quantitative estimate of drug-likeness (QED) is 0.210. The Labute approximate surface area is 237 Å². The van der Waals surface area contributed by atoms with Crippen molar-refractivity contribution in [2.24, 2.45) is 0 Å². The molecule has 0 saturated carbocycles. The second-order valence-electron chi connectivity index (χ2n) is 9.14. The molecule has 1 unspecified atom stereocenters. The number of nitrogens with zero attached hydrogens (tertiary/aromatic N) is 1. The number of aromatic nitrogens is 1. The molecule has 40 heavy (non-hydrogen) atoms. The summed E-state index contributed by atoms with van der Waals surface area (Å²) in [6.07, 6.45) is -3.42. The SMILES string of the molecule is CC(F)(F)c1cccc(Cl)c1NC(=O)NC(Cc1ccccc1)(c1cccc(C(F)(F)F)c1)c1ccc(Cl)cn1. The van der Waals surface area contributed by atoms with Gasteiger partial charge in [-0.3, -0.25) is 4.98 Å². The van der Waals surface area contributed by atoms with Gasteiger partial charge in [0.2, 0.25) is 0 Å². The van der Waals surface area contributed by atoms with Crippen molar-refractivity contribution >= 4 is 34.9 Å². The summed E-state index contributed by atoms with van der Waals surface area (Å²) in [5.74, 6) is -3.35. The van der Waals surface area contributed by atoms with Gasteiger partial charge in [0, 0.05) is 25.1 Å². The Bertz CT molecular complexity index is 1490. The summed E-state index contributed by atoms with van der Waals surface area (Å²) in [5.41, 5.74) is -2.66. The van der Waals surface area contributed by atoms with Gasteiger partial charge in [-0.1, -0.05) is 77.8 Å². The molecule has 0 aliphatic rings. The number of amides is 2. The number of pyridine rings is 1. The molecular formula is C29H22Cl2F5N3O. The van der Waals surface area contributed by atoms with Crippen LogP contribution in [0, 0.1) is 0 Å². The third-order valence-electron chi connectivity index (χ3n) is 6.21. The van der Waals surface area contributed by atoms with Gasteiger partial charge in [0.25, 0.3) is 5.92 Å². The van der Waals surface area contributed by atoms with Crippen LogP contribution in [-0.4, -0.2) is 11.0 Å². The first-order valence-electron chi connectivity index (χ1n) is 11.9. The fraction of sp³-hybridized carbons (Fsp3) is 0.172. The van der Waals surface area contributed by atoms with Crippen molar-refractivity contribution in [1.82, 2.24) is 10.3 Å². The van der Waals surface area contributed by atoms with Crippen LogP contribution in [0.4, 0.5) is 32.4 Å². The third-order valence-corrected chi connectivity index (χ3v) is 6.75. The van der Waals surface area contributed by atoms with Gasteiger partial charge in [-0.25, -0.2) is 13.6 Å². The van der Waals surface area contributed by atoms with Crippen molar-refractivity contribution in [3.05, 3.63) is 129 Å². The molecule has 2 amide bonds. The van der Waals surface area contributed by atoms with Crippen molar-refractivity contribution in [2.45, 2.75) is 31.0 Å². The molecule has 0 fully saturated rings. The van der Waals surface area contributed by atoms with E-state index in [-0.39, 0.29) is 33.4 Å². The lowest BCUT2D eigenvalue weighted by atomic mass is 9.80. The van der Waals surface area contributed by atoms with E-state index in [2.05, 4.69) is 15.6 Å². The summed E-state index contributed by atoms with van der Waals surface area (Å²) < 4.78 is 70.0. The smallest absolute Gasteiger partial charge is 0.322 e. The van der Waals surface area contributed by atoms with Crippen LogP contribution in [0.25, 0.3) is 0 Å². The van der Waals surface area contributed by atoms with Gasteiger partial charge in [0.15, 0.2) is 0 Å². The number of anilines is 1. The van der Waals surface area contributed by atoms with E-state index in [0.29, 0.717) is 12.5 Å². The fourth-order valence-corrected chi connectivity index (χ4v) is 4.70. The summed E-state index contributed by atoms with van der Waals surface area (Å²) >= 11 is 12.2. The first kappa shape index (κ1) is 29.3. The Kier molecular flexibility index (Phi) is 8.37. The van der Waals surface area contributed by atoms with Crippen molar-refractivity contribution < 1.29 is 26.7 Å². The number of alkyl halides is 5. The summed E-state index contributed by atoms with van der Waals surface area (Å²) in [6.45, 7) is 0.654. The molecule has 4 rings (SSSR count). The maximum absolute atomic E-state index is 14.3. The first-order valence-corrected chi connectivity index (χ1v) is 12.6. The van der Waals surface area contributed by atoms with E-state index in [1.807, 2.05) is 0 Å². The summed E-state index contributed by atoms with van der Waals surface area (Å²) in [5, 5.41) is 5.24. The van der Waals surface area contributed by atoms with Gasteiger partial charge in [-0.15, -0.1) is 0 Å². The number of hydrogen-bond donors (Lipinski definition) is 2. The second kappa shape index (κ2) is 11.4. The number of urea groups is 1. The Morgan fingerprint density at radius 3 is 2.15 bits per heavy atom. The highest BCUT2D eigenvalue weighted by Crippen LogP contribution is 2.39. The second-order valence-corrected chi connectivity index (χ2v) is 9.98. The molecule has 0 spiro atoms. The maximum Gasteiger partial charge on any atom is 0.416 e. The van der Waals surface area contributed by atoms with Crippen LogP contribution < -0.4 is 10.6 Å². The molecule has 0 bridgehead atoms. The predicted molar refractivity (Wildman–Crippen MR) is 145 cm³/mol. The molecule has 4 nitrogen and oxygen atoms in total. The number of carbonyl (C=O) groups excluding carboxylic acids is 1. The van der Waals surface area contributed by atoms with E-state index in [0.717, 1.165) is 18.2 Å². The standard InChI is InChI=1S/C29H22Cl2F5N3O/c1-27(32,33)22-11-6-12-23(31)25(22)38-26(40)39-28(16-18-7-3-2-4-8-18,24-14-13-21(30)17-37-24)19-9-5-10-20(15-19)29(34,35)36/h2-15,17H,16H2,1H3,(H2,38,39,40). The summed E-state index contributed by atoms with van der Waals surface area (Å²) in [4.78, 5) is 17.9. The predicted octanol–water partition coefficient (Wildman–Crippen LogP) is 8.83. The van der Waals surface area contributed by atoms with Gasteiger partial charge in [-0.2, -0.15) is 13.2 Å². The number of rotatable bonds is 7. The van der Waals surface area contributed by atoms with E-state index < -0.39 is 34.8 Å². The molecule has 0 aliphatic heterocycles. The Morgan fingerprint density at radius 1 is 0.850 bits per heavy atom. The van der Waals surface area contributed by atoms with Gasteiger partial charge in [0.05, 0.1) is 27.0 Å². The van der Waals surface area contributed by atoms with E-state index in [1.165, 1.54) is 42.6 Å². The average Bonchev–Trinajstić information content (AvgIpc) is 2.89. The lowest BCUT2D eigenvalue weighted by Crippen LogP contribution is -2.51. The lowest BCUT2D eigenvalue weighted by Gasteiger charge is -2.36. The number of nitrogens with one attached hydrogen (secondary N) is 2. The number of benzene rings is 3. The highest BCUT2D eigenvalue weighted by atomic mass is 35.5. The molecular weight excluding hydrogens is 572 g/mol. The highest BCUT2D eigenvalue weighted by molar-refractivity contribution is 6.34. The molecule has 208 valence electrons. The topological polar surface area (TPSA) is 54.0 Å². The molecule has 0 radical (unpaired) electrons. The van der Waals surface area contributed by atoms with Crippen LogP contribution in [0.15, 0.2) is 91.1 Å². The van der Waals surface area contributed by atoms with Crippen molar-refractivity contribution in [2.75, 3.05) is 5.32 Å². The molecule has 1 aromatic heterocycles. The zero-order valence-electron chi connectivity index (χ0n) is 20.9. The third kappa shape index (κ3) is 6.54. The number of hydrogen-bond acceptors (Lipinski definition) is 2. The summed E-state index contributed by atoms with van der Waals surface area (Å²) in [6, 6.07) is 18.9. The normalized spacial score (nSPS) is 13.4. The van der Waals surface area contributed by atoms with Crippen molar-refractivity contribution in [3.8, 4) is 0 Å². The van der Waals surface area contributed by atoms with Gasteiger partial charge in [0.1, 0.15) is 5.54 Å². The lowest BCUT2D eigenvalue weighted by molar-refractivity contribution is -0.137. The Morgan fingerprint density at radius 2 is 1.52 bits per heavy atom. The average molecular weight is 594 g/mol. The monoisotopic (exact) mass is 593 g/mol. The minimum Gasteiger partial charge on any atom is -0.322 e. The molecule has 4 aromatic rings. The first-order chi connectivity index (χ1) is 18.8. The van der Waals surface area contributed by atoms with Gasteiger partial charge >= 0.3 is 12.2 Å². The van der Waals surface area contributed by atoms with Crippen LogP contribution in [0.3, 0.4) is 0 Å². The van der Waals surface area contributed by atoms with Crippen LogP contribution in [0.2, 0.25) is 10.0 Å². The number of para-hydroxylation sites is 1. The van der Waals surface area contributed by atoms with Crippen LogP contribution in [-0.2, 0) is 24.1 Å². The molecule has 1 atom stereocenters. The molecule has 0 aliphatic carbocycles. The molecule has 0 saturated heterocycles. The molecule has 3 aromatic carbocycles. The van der Waals surface area contributed by atoms with E-state index in [1.54, 1.807) is 30.3 Å². The van der Waals surface area contributed by atoms with E-state index >= 15 is 0 Å². The van der Waals surface area contributed by atoms with E-state index in [9.17, 15) is 26.7 Å². The zero-order chi connectivity index (χ0) is 29.1. The zero-order valence-corrected chi connectivity index (χ0v) is 22.4. The van der Waals surface area contributed by atoms with Gasteiger partial charge < -0.3 is 10.6 Å². The van der Waals surface area contributed by atoms with Crippen molar-refractivity contribution in [1.29, 1.82) is 0 Å². The Balaban J connectivity index is 1.89. The maximum atomic E-state index is 14.3. The van der Waals surface area contributed by atoms with Gasteiger partial charge in [-0.05, 0) is 41.5 Å². The number of halogens is 7. The molecule has 1 heterocycles. The number of carbonyl (C=O) groups is 1. The molecule has 2 N–H and O–H groups in total. The molecule has 11 heteroatoms.